The summed E-state index contributed by atoms with van der Waals surface area (Å²) in [4.78, 5) is 0. The third-order valence-electron chi connectivity index (χ3n) is 1.77. The zero-order valence-electron chi connectivity index (χ0n) is 8.27. The fourth-order valence-electron chi connectivity index (χ4n) is 1.05. The number of aliphatic hydroxyl groups is 1. The first kappa shape index (κ1) is 10.6. The quantitative estimate of drug-likeness (QED) is 0.771. The molecule has 1 aromatic carbocycles. The van der Waals surface area contributed by atoms with E-state index in [4.69, 9.17) is 9.84 Å². The smallest absolute Gasteiger partial charge is 0.161 e. The summed E-state index contributed by atoms with van der Waals surface area (Å²) in [6.45, 7) is 1.67. The molecule has 76 valence electrons. The van der Waals surface area contributed by atoms with E-state index in [0.717, 1.165) is 5.56 Å². The van der Waals surface area contributed by atoms with Gasteiger partial charge >= 0.3 is 0 Å². The van der Waals surface area contributed by atoms with Gasteiger partial charge in [-0.1, -0.05) is 18.2 Å². The molecule has 0 saturated heterocycles. The number of aromatic hydroxyl groups is 1. The Morgan fingerprint density at radius 3 is 2.71 bits per heavy atom. The van der Waals surface area contributed by atoms with Gasteiger partial charge in [0.05, 0.1) is 13.2 Å². The number of hydrogen-bond acceptors (Lipinski definition) is 3. The highest BCUT2D eigenvalue weighted by Gasteiger charge is 2.00. The fourth-order valence-corrected chi connectivity index (χ4v) is 1.05. The molecule has 0 radical (unpaired) electrons. The Morgan fingerprint density at radius 2 is 2.14 bits per heavy atom. The number of hydrogen-bond donors (Lipinski definition) is 2. The van der Waals surface area contributed by atoms with Crippen molar-refractivity contribution < 1.29 is 14.9 Å². The van der Waals surface area contributed by atoms with Crippen LogP contribution in [0.25, 0.3) is 6.08 Å². The molecule has 0 saturated carbocycles. The molecule has 0 amide bonds. The lowest BCUT2D eigenvalue weighted by Gasteiger charge is -2.03. The number of rotatable bonds is 3. The Morgan fingerprint density at radius 1 is 1.43 bits per heavy atom. The van der Waals surface area contributed by atoms with Crippen molar-refractivity contribution in [2.45, 2.75) is 13.0 Å². The molecule has 1 atom stereocenters. The molecule has 3 nitrogen and oxygen atoms in total. The van der Waals surface area contributed by atoms with Gasteiger partial charge in [-0.05, 0) is 24.6 Å². The topological polar surface area (TPSA) is 49.7 Å². The maximum atomic E-state index is 9.31. The molecule has 0 aliphatic rings. The highest BCUT2D eigenvalue weighted by atomic mass is 16.5. The highest BCUT2D eigenvalue weighted by molar-refractivity contribution is 5.55. The minimum atomic E-state index is -0.477. The van der Waals surface area contributed by atoms with Crippen LogP contribution >= 0.6 is 0 Å². The maximum absolute atomic E-state index is 9.31. The van der Waals surface area contributed by atoms with Crippen molar-refractivity contribution in [2.75, 3.05) is 7.11 Å². The van der Waals surface area contributed by atoms with Gasteiger partial charge in [-0.2, -0.15) is 0 Å². The third-order valence-corrected chi connectivity index (χ3v) is 1.77. The first-order chi connectivity index (χ1) is 6.63. The van der Waals surface area contributed by atoms with Gasteiger partial charge in [0, 0.05) is 0 Å². The van der Waals surface area contributed by atoms with E-state index in [1.54, 1.807) is 37.3 Å². The lowest BCUT2D eigenvalue weighted by Crippen LogP contribution is -1.91. The van der Waals surface area contributed by atoms with Crippen LogP contribution in [-0.2, 0) is 0 Å². The van der Waals surface area contributed by atoms with Gasteiger partial charge in [-0.25, -0.2) is 0 Å². The molecule has 0 bridgehead atoms. The van der Waals surface area contributed by atoms with Crippen molar-refractivity contribution in [1.29, 1.82) is 0 Å². The second kappa shape index (κ2) is 4.67. The average molecular weight is 194 g/mol. The van der Waals surface area contributed by atoms with Gasteiger partial charge in [-0.3, -0.25) is 0 Å². The Bertz CT molecular complexity index is 329. The number of ether oxygens (including phenoxy) is 1. The Labute approximate surface area is 83.3 Å². The van der Waals surface area contributed by atoms with Crippen molar-refractivity contribution in [2.24, 2.45) is 0 Å². The Balaban J connectivity index is 2.89. The van der Waals surface area contributed by atoms with Crippen molar-refractivity contribution >= 4 is 6.08 Å². The molecule has 3 heteroatoms. The molecular formula is C11H14O3. The molecule has 14 heavy (non-hydrogen) atoms. The predicted octanol–water partition coefficient (Wildman–Crippen LogP) is 1.79. The monoisotopic (exact) mass is 194 g/mol. The predicted molar refractivity (Wildman–Crippen MR) is 55.4 cm³/mol. The summed E-state index contributed by atoms with van der Waals surface area (Å²) in [5, 5.41) is 18.3. The van der Waals surface area contributed by atoms with E-state index in [1.807, 2.05) is 0 Å². The third kappa shape index (κ3) is 2.78. The normalized spacial score (nSPS) is 13.1. The van der Waals surface area contributed by atoms with E-state index < -0.39 is 6.10 Å². The minimum absolute atomic E-state index is 0.113. The SMILES string of the molecule is COc1cc(/C=C/[C@@H](C)O)ccc1O. The molecule has 2 N–H and O–H groups in total. The van der Waals surface area contributed by atoms with Gasteiger partial charge < -0.3 is 14.9 Å². The zero-order chi connectivity index (χ0) is 10.6. The summed E-state index contributed by atoms with van der Waals surface area (Å²) < 4.78 is 4.95. The van der Waals surface area contributed by atoms with Crippen LogP contribution in [0.15, 0.2) is 24.3 Å². The van der Waals surface area contributed by atoms with Crippen LogP contribution < -0.4 is 4.74 Å². The van der Waals surface area contributed by atoms with Crippen LogP contribution in [0.5, 0.6) is 11.5 Å². The first-order valence-electron chi connectivity index (χ1n) is 4.36. The van der Waals surface area contributed by atoms with Crippen molar-refractivity contribution in [1.82, 2.24) is 0 Å². The number of aliphatic hydroxyl groups excluding tert-OH is 1. The second-order valence-electron chi connectivity index (χ2n) is 3.03. The summed E-state index contributed by atoms with van der Waals surface area (Å²) in [5.74, 6) is 0.541. The van der Waals surface area contributed by atoms with Gasteiger partial charge in [0.2, 0.25) is 0 Å². The van der Waals surface area contributed by atoms with Crippen LogP contribution in [0, 0.1) is 0 Å². The van der Waals surface area contributed by atoms with Crippen LogP contribution in [0.2, 0.25) is 0 Å². The van der Waals surface area contributed by atoms with E-state index in [1.165, 1.54) is 7.11 Å². The lowest BCUT2D eigenvalue weighted by atomic mass is 10.1. The van der Waals surface area contributed by atoms with E-state index >= 15 is 0 Å². The van der Waals surface area contributed by atoms with Gasteiger partial charge in [0.1, 0.15) is 0 Å². The van der Waals surface area contributed by atoms with Gasteiger partial charge in [0.25, 0.3) is 0 Å². The summed E-state index contributed by atoms with van der Waals surface area (Å²) in [6, 6.07) is 5.01. The zero-order valence-corrected chi connectivity index (χ0v) is 8.27. The molecule has 0 heterocycles. The molecule has 1 aromatic rings. The summed E-state index contributed by atoms with van der Waals surface area (Å²) in [6.07, 6.45) is 2.95. The molecular weight excluding hydrogens is 180 g/mol. The largest absolute Gasteiger partial charge is 0.504 e. The minimum Gasteiger partial charge on any atom is -0.504 e. The average Bonchev–Trinajstić information content (AvgIpc) is 2.16. The number of methoxy groups -OCH3 is 1. The van der Waals surface area contributed by atoms with E-state index in [-0.39, 0.29) is 5.75 Å². The van der Waals surface area contributed by atoms with Crippen LogP contribution in [0.4, 0.5) is 0 Å². The van der Waals surface area contributed by atoms with Crippen molar-refractivity contribution in [3.8, 4) is 11.5 Å². The molecule has 0 unspecified atom stereocenters. The molecule has 0 spiro atoms. The van der Waals surface area contributed by atoms with Crippen molar-refractivity contribution in [3.05, 3.63) is 29.8 Å². The number of phenols is 1. The molecule has 0 aliphatic carbocycles. The van der Waals surface area contributed by atoms with Gasteiger partial charge in [-0.15, -0.1) is 0 Å². The van der Waals surface area contributed by atoms with E-state index in [0.29, 0.717) is 5.75 Å². The van der Waals surface area contributed by atoms with Crippen LogP contribution in [-0.4, -0.2) is 23.4 Å². The first-order valence-corrected chi connectivity index (χ1v) is 4.36. The van der Waals surface area contributed by atoms with E-state index in [9.17, 15) is 5.11 Å². The summed E-state index contributed by atoms with van der Waals surface area (Å²) >= 11 is 0. The van der Waals surface area contributed by atoms with Crippen molar-refractivity contribution in [3.63, 3.8) is 0 Å². The molecule has 1 rings (SSSR count). The Kier molecular flexibility index (Phi) is 3.54. The molecule has 0 fully saturated rings. The highest BCUT2D eigenvalue weighted by Crippen LogP contribution is 2.26. The maximum Gasteiger partial charge on any atom is 0.161 e. The Hall–Kier alpha value is -1.48. The number of phenolic OH excluding ortho intramolecular Hbond substituents is 1. The fraction of sp³-hybridized carbons (Fsp3) is 0.273. The van der Waals surface area contributed by atoms with Crippen LogP contribution in [0.1, 0.15) is 12.5 Å². The number of benzene rings is 1. The molecule has 0 aromatic heterocycles. The van der Waals surface area contributed by atoms with E-state index in [2.05, 4.69) is 0 Å². The summed E-state index contributed by atoms with van der Waals surface area (Å²) in [5.41, 5.74) is 0.876. The lowest BCUT2D eigenvalue weighted by molar-refractivity contribution is 0.245. The second-order valence-corrected chi connectivity index (χ2v) is 3.03. The summed E-state index contributed by atoms with van der Waals surface area (Å²) in [7, 11) is 1.50. The van der Waals surface area contributed by atoms with Crippen LogP contribution in [0.3, 0.4) is 0 Å². The standard InChI is InChI=1S/C11H14O3/c1-8(12)3-4-9-5-6-10(13)11(7-9)14-2/h3-8,12-13H,1-2H3/b4-3+/t8-/m1/s1. The molecule has 0 aliphatic heterocycles. The van der Waals surface area contributed by atoms with Gasteiger partial charge in [0.15, 0.2) is 11.5 Å².